The Bertz CT molecular complexity index is 972. The monoisotopic (exact) mass is 410 g/mol. The molecule has 6 rings (SSSR count). The van der Waals surface area contributed by atoms with Gasteiger partial charge in [0.15, 0.2) is 0 Å². The molecule has 2 amide bonds. The molecular formula is C23H26N2O5. The summed E-state index contributed by atoms with van der Waals surface area (Å²) < 4.78 is 10.4. The molecular weight excluding hydrogens is 384 g/mol. The molecule has 0 saturated carbocycles. The van der Waals surface area contributed by atoms with E-state index in [0.717, 1.165) is 18.4 Å². The van der Waals surface area contributed by atoms with Crippen LogP contribution in [-0.4, -0.2) is 55.7 Å². The van der Waals surface area contributed by atoms with Crippen LogP contribution in [0.3, 0.4) is 0 Å². The predicted octanol–water partition coefficient (Wildman–Crippen LogP) is 2.79. The zero-order chi connectivity index (χ0) is 21.1. The molecule has 0 unspecified atom stereocenters. The number of nitrogens with zero attached hydrogens (tertiary/aromatic N) is 2. The second-order valence-corrected chi connectivity index (χ2v) is 8.64. The molecule has 0 aromatic heterocycles. The Morgan fingerprint density at radius 3 is 2.70 bits per heavy atom. The maximum atomic E-state index is 14.1. The highest BCUT2D eigenvalue weighted by molar-refractivity contribution is 6.05. The minimum Gasteiger partial charge on any atom is -0.469 e. The van der Waals surface area contributed by atoms with Crippen LogP contribution in [0.4, 0.5) is 10.5 Å². The maximum absolute atomic E-state index is 14.1. The van der Waals surface area contributed by atoms with E-state index in [-0.39, 0.29) is 11.9 Å². The lowest BCUT2D eigenvalue weighted by atomic mass is 9.56. The molecule has 0 N–H and O–H groups in total. The summed E-state index contributed by atoms with van der Waals surface area (Å²) in [4.78, 5) is 44.0. The van der Waals surface area contributed by atoms with E-state index < -0.39 is 23.0 Å². The summed E-state index contributed by atoms with van der Waals surface area (Å²) in [7, 11) is 2.71. The first kappa shape index (κ1) is 19.2. The van der Waals surface area contributed by atoms with Crippen LogP contribution in [0.25, 0.3) is 0 Å². The van der Waals surface area contributed by atoms with E-state index in [9.17, 15) is 14.4 Å². The van der Waals surface area contributed by atoms with Gasteiger partial charge in [-0.05, 0) is 43.7 Å². The summed E-state index contributed by atoms with van der Waals surface area (Å²) in [5.74, 6) is -1.02. The summed E-state index contributed by atoms with van der Waals surface area (Å²) >= 11 is 0. The number of rotatable bonds is 1. The number of carbonyl (C=O) groups excluding carboxylic acids is 3. The van der Waals surface area contributed by atoms with E-state index >= 15 is 0 Å². The molecule has 2 spiro atoms. The summed E-state index contributed by atoms with van der Waals surface area (Å²) in [6, 6.07) is 7.54. The van der Waals surface area contributed by atoms with E-state index in [2.05, 4.69) is 6.08 Å². The van der Waals surface area contributed by atoms with Crippen molar-refractivity contribution in [3.63, 3.8) is 0 Å². The van der Waals surface area contributed by atoms with E-state index in [0.29, 0.717) is 38.0 Å². The molecule has 2 saturated heterocycles. The molecule has 4 bridgehead atoms. The van der Waals surface area contributed by atoms with E-state index in [4.69, 9.17) is 9.47 Å². The minimum atomic E-state index is -1.08. The van der Waals surface area contributed by atoms with Gasteiger partial charge < -0.3 is 14.4 Å². The third kappa shape index (κ3) is 2.13. The molecule has 0 radical (unpaired) electrons. The van der Waals surface area contributed by atoms with Crippen LogP contribution >= 0.6 is 0 Å². The third-order valence-corrected chi connectivity index (χ3v) is 7.67. The van der Waals surface area contributed by atoms with Gasteiger partial charge in [-0.3, -0.25) is 14.5 Å². The lowest BCUT2D eigenvalue weighted by Gasteiger charge is -2.52. The zero-order valence-electron chi connectivity index (χ0n) is 17.3. The van der Waals surface area contributed by atoms with Crippen molar-refractivity contribution in [2.24, 2.45) is 5.92 Å². The molecule has 1 aliphatic carbocycles. The van der Waals surface area contributed by atoms with Gasteiger partial charge in [-0.25, -0.2) is 4.79 Å². The number of esters is 1. The number of carbonyl (C=O) groups is 3. The first-order valence-corrected chi connectivity index (χ1v) is 10.5. The van der Waals surface area contributed by atoms with Gasteiger partial charge >= 0.3 is 12.1 Å². The highest BCUT2D eigenvalue weighted by Gasteiger charge is 2.74. The van der Waals surface area contributed by atoms with Crippen molar-refractivity contribution in [2.75, 3.05) is 32.2 Å². The molecule has 1 aromatic carbocycles. The van der Waals surface area contributed by atoms with Crippen molar-refractivity contribution in [3.8, 4) is 0 Å². The van der Waals surface area contributed by atoms with Crippen molar-refractivity contribution < 1.29 is 23.9 Å². The molecule has 2 fully saturated rings. The van der Waals surface area contributed by atoms with Crippen molar-refractivity contribution in [1.82, 2.24) is 4.90 Å². The average molecular weight is 410 g/mol. The van der Waals surface area contributed by atoms with Crippen LogP contribution in [0.15, 0.2) is 35.9 Å². The number of hydrogen-bond acceptors (Lipinski definition) is 5. The fraction of sp³-hybridized carbons (Fsp3) is 0.522. The van der Waals surface area contributed by atoms with Gasteiger partial charge in [-0.15, -0.1) is 0 Å². The second-order valence-electron chi connectivity index (χ2n) is 8.64. The van der Waals surface area contributed by atoms with Crippen LogP contribution in [0.2, 0.25) is 0 Å². The number of fused-ring (bicyclic) bond motifs is 5. The predicted molar refractivity (Wildman–Crippen MR) is 109 cm³/mol. The minimum absolute atomic E-state index is 0.00834. The number of amides is 2. The van der Waals surface area contributed by atoms with Gasteiger partial charge in [0.25, 0.3) is 0 Å². The van der Waals surface area contributed by atoms with Crippen LogP contribution in [0, 0.1) is 5.92 Å². The Balaban J connectivity index is 1.87. The van der Waals surface area contributed by atoms with Crippen LogP contribution in [-0.2, 0) is 24.5 Å². The molecule has 1 aromatic rings. The van der Waals surface area contributed by atoms with Gasteiger partial charge in [0.2, 0.25) is 5.91 Å². The topological polar surface area (TPSA) is 76.2 Å². The number of hydrogen-bond donors (Lipinski definition) is 0. The zero-order valence-corrected chi connectivity index (χ0v) is 17.3. The SMILES string of the molecule is COC(=O)[C@@H]1CC2=CC[C@]13N(C(=O)OC)c1ccccc1[C@@]31CCN(CCC2)C1=O. The Kier molecular flexibility index (Phi) is 4.21. The summed E-state index contributed by atoms with van der Waals surface area (Å²) in [5.41, 5.74) is 0.597. The number of para-hydroxylation sites is 1. The van der Waals surface area contributed by atoms with Gasteiger partial charge in [0, 0.05) is 13.1 Å². The number of anilines is 1. The van der Waals surface area contributed by atoms with Gasteiger partial charge in [-0.1, -0.05) is 29.8 Å². The van der Waals surface area contributed by atoms with Crippen LogP contribution in [0.1, 0.15) is 37.7 Å². The van der Waals surface area contributed by atoms with Gasteiger partial charge in [-0.2, -0.15) is 0 Å². The first-order valence-electron chi connectivity index (χ1n) is 10.5. The van der Waals surface area contributed by atoms with E-state index in [1.807, 2.05) is 29.2 Å². The third-order valence-electron chi connectivity index (χ3n) is 7.67. The Labute approximate surface area is 175 Å². The first-order chi connectivity index (χ1) is 14.5. The fourth-order valence-electron chi connectivity index (χ4n) is 6.46. The van der Waals surface area contributed by atoms with Crippen molar-refractivity contribution in [3.05, 3.63) is 41.5 Å². The van der Waals surface area contributed by atoms with Gasteiger partial charge in [0.05, 0.1) is 31.4 Å². The Hall–Kier alpha value is -2.83. The normalized spacial score (nSPS) is 31.7. The summed E-state index contributed by atoms with van der Waals surface area (Å²) in [6.07, 6.45) is 4.78. The fourth-order valence-corrected chi connectivity index (χ4v) is 6.46. The van der Waals surface area contributed by atoms with Crippen LogP contribution < -0.4 is 4.90 Å². The number of ether oxygens (including phenoxy) is 2. The molecule has 5 aliphatic rings. The maximum Gasteiger partial charge on any atom is 0.414 e. The molecule has 4 aliphatic heterocycles. The lowest BCUT2D eigenvalue weighted by Crippen LogP contribution is -2.68. The second kappa shape index (κ2) is 6.59. The number of methoxy groups -OCH3 is 2. The van der Waals surface area contributed by atoms with Gasteiger partial charge in [0.1, 0.15) is 5.41 Å². The van der Waals surface area contributed by atoms with E-state index in [1.54, 1.807) is 4.90 Å². The smallest absolute Gasteiger partial charge is 0.414 e. The molecule has 4 heterocycles. The number of benzene rings is 1. The lowest BCUT2D eigenvalue weighted by molar-refractivity contribution is -0.151. The summed E-state index contributed by atoms with van der Waals surface area (Å²) in [6.45, 7) is 1.31. The molecule has 7 heteroatoms. The molecule has 7 nitrogen and oxygen atoms in total. The highest BCUT2D eigenvalue weighted by atomic mass is 16.5. The summed E-state index contributed by atoms with van der Waals surface area (Å²) in [5, 5.41) is 0. The van der Waals surface area contributed by atoms with Crippen molar-refractivity contribution in [2.45, 2.75) is 43.1 Å². The quantitative estimate of drug-likeness (QED) is 0.526. The van der Waals surface area contributed by atoms with Crippen LogP contribution in [0.5, 0.6) is 0 Å². The molecule has 158 valence electrons. The Morgan fingerprint density at radius 2 is 1.93 bits per heavy atom. The van der Waals surface area contributed by atoms with Crippen molar-refractivity contribution in [1.29, 1.82) is 0 Å². The highest BCUT2D eigenvalue weighted by Crippen LogP contribution is 2.63. The Morgan fingerprint density at radius 1 is 1.13 bits per heavy atom. The van der Waals surface area contributed by atoms with E-state index in [1.165, 1.54) is 19.8 Å². The number of allylic oxidation sites excluding steroid dienone is 1. The molecule has 30 heavy (non-hydrogen) atoms. The largest absolute Gasteiger partial charge is 0.469 e. The standard InChI is InChI=1S/C23H26N2O5/c1-29-19(26)17-14-15-6-5-12-24-13-11-22(20(24)27)16-7-3-4-8-18(16)25(21(28)30-2)23(17,22)10-9-15/h3-4,7-9,17H,5-6,10-14H2,1-2H3/t17-,22+,23-/m0/s1. The van der Waals surface area contributed by atoms with Crippen molar-refractivity contribution >= 4 is 23.7 Å². The average Bonchev–Trinajstić information content (AvgIpc) is 3.21. The molecule has 3 atom stereocenters.